The van der Waals surface area contributed by atoms with Gasteiger partial charge in [-0.1, -0.05) is 45.8 Å². The van der Waals surface area contributed by atoms with Gasteiger partial charge in [-0.15, -0.1) is 0 Å². The summed E-state index contributed by atoms with van der Waals surface area (Å²) in [6, 6.07) is 12.3. The van der Waals surface area contributed by atoms with Crippen molar-refractivity contribution in [2.75, 3.05) is 5.73 Å². The Hall–Kier alpha value is -3.59. The van der Waals surface area contributed by atoms with Gasteiger partial charge in [0.1, 0.15) is 29.3 Å². The number of nitrogens with one attached hydrogen (secondary N) is 1. The average Bonchev–Trinajstić information content (AvgIpc) is 2.65. The van der Waals surface area contributed by atoms with E-state index in [1.54, 1.807) is 12.1 Å². The molecule has 5 N–H and O–H groups in total. The van der Waals surface area contributed by atoms with Gasteiger partial charge in [-0.2, -0.15) is 0 Å². The lowest BCUT2D eigenvalue weighted by Gasteiger charge is -2.17. The molecule has 8 nitrogen and oxygen atoms in total. The smallest absolute Gasteiger partial charge is 0.342 e. The molecule has 154 valence electrons. The van der Waals surface area contributed by atoms with Crippen molar-refractivity contribution in [3.63, 3.8) is 0 Å². The van der Waals surface area contributed by atoms with Crippen molar-refractivity contribution in [1.29, 1.82) is 0 Å². The van der Waals surface area contributed by atoms with Gasteiger partial charge < -0.3 is 25.7 Å². The van der Waals surface area contributed by atoms with Gasteiger partial charge in [0.15, 0.2) is 0 Å². The molecular weight excluding hydrogens is 456 g/mol. The number of hydrogen-bond acceptors (Lipinski definition) is 5. The number of aromatic amines is 1. The summed E-state index contributed by atoms with van der Waals surface area (Å²) < 4.78 is 6.41. The molecule has 30 heavy (non-hydrogen) atoms. The summed E-state index contributed by atoms with van der Waals surface area (Å²) in [4.78, 5) is 38.1. The Labute approximate surface area is 179 Å². The molecule has 3 aromatic rings. The second-order valence-electron chi connectivity index (χ2n) is 6.52. The summed E-state index contributed by atoms with van der Waals surface area (Å²) in [7, 11) is 0. The number of H-pyrrole nitrogens is 1. The Morgan fingerprint density at radius 3 is 2.43 bits per heavy atom. The Balaban J connectivity index is 2.23. The molecule has 0 spiro atoms. The molecule has 0 saturated carbocycles. The van der Waals surface area contributed by atoms with Crippen LogP contribution in [-0.2, 0) is 6.61 Å². The standard InChI is InChI=1S/C21H17BrN2O6/c1-10-3-2-4-11(7-10)9-30-14-6-5-12(22)8-13(14)15-16(20(26)27)18(23)24-19(25)17(15)21(28)29/h2-8H,9H2,1H3,(H,26,27)(H,28,29)(H3,23,24,25). The molecule has 0 amide bonds. The van der Waals surface area contributed by atoms with Crippen LogP contribution in [0.15, 0.2) is 51.7 Å². The van der Waals surface area contributed by atoms with E-state index in [4.69, 9.17) is 10.5 Å². The highest BCUT2D eigenvalue weighted by Crippen LogP contribution is 2.38. The summed E-state index contributed by atoms with van der Waals surface area (Å²) in [5, 5.41) is 19.3. The molecule has 1 aromatic heterocycles. The summed E-state index contributed by atoms with van der Waals surface area (Å²) in [5.41, 5.74) is 5.15. The lowest BCUT2D eigenvalue weighted by atomic mass is 9.94. The third kappa shape index (κ3) is 4.20. The SMILES string of the molecule is Cc1cccc(COc2ccc(Br)cc2-c2c(C(=O)O)c(N)[nH]c(=O)c2C(=O)O)c1. The normalized spacial score (nSPS) is 10.6. The number of aryl methyl sites for hydroxylation is 1. The number of carboxylic acid groups (broad SMARTS) is 2. The first-order valence-corrected chi connectivity index (χ1v) is 9.49. The minimum absolute atomic E-state index is 0.115. The first kappa shape index (κ1) is 21.1. The number of carbonyl (C=O) groups is 2. The Morgan fingerprint density at radius 2 is 1.80 bits per heavy atom. The zero-order valence-corrected chi connectivity index (χ0v) is 17.3. The molecule has 2 aromatic carbocycles. The number of aromatic carboxylic acids is 2. The van der Waals surface area contributed by atoms with E-state index < -0.39 is 34.4 Å². The Morgan fingerprint density at radius 1 is 1.10 bits per heavy atom. The highest BCUT2D eigenvalue weighted by molar-refractivity contribution is 9.10. The molecule has 0 unspecified atom stereocenters. The van der Waals surface area contributed by atoms with Gasteiger partial charge in [0.05, 0.1) is 0 Å². The lowest BCUT2D eigenvalue weighted by molar-refractivity contribution is 0.0695. The van der Waals surface area contributed by atoms with E-state index in [9.17, 15) is 24.6 Å². The fraction of sp³-hybridized carbons (Fsp3) is 0.0952. The summed E-state index contributed by atoms with van der Waals surface area (Å²) in [6.07, 6.45) is 0. The second-order valence-corrected chi connectivity index (χ2v) is 7.44. The zero-order chi connectivity index (χ0) is 22.0. The lowest BCUT2D eigenvalue weighted by Crippen LogP contribution is -2.24. The van der Waals surface area contributed by atoms with E-state index >= 15 is 0 Å². The van der Waals surface area contributed by atoms with Crippen LogP contribution >= 0.6 is 15.9 Å². The van der Waals surface area contributed by atoms with E-state index in [0.29, 0.717) is 4.47 Å². The molecule has 0 aliphatic rings. The van der Waals surface area contributed by atoms with Crippen molar-refractivity contribution in [3.8, 4) is 16.9 Å². The zero-order valence-electron chi connectivity index (χ0n) is 15.7. The first-order valence-electron chi connectivity index (χ1n) is 8.69. The molecule has 0 aliphatic carbocycles. The summed E-state index contributed by atoms with van der Waals surface area (Å²) in [5.74, 6) is -3.31. The van der Waals surface area contributed by atoms with Gasteiger partial charge in [0.25, 0.3) is 5.56 Å². The fourth-order valence-corrected chi connectivity index (χ4v) is 3.46. The van der Waals surface area contributed by atoms with Gasteiger partial charge in [-0.25, -0.2) is 9.59 Å². The van der Waals surface area contributed by atoms with Crippen molar-refractivity contribution in [3.05, 3.63) is 79.5 Å². The number of anilines is 1. The van der Waals surface area contributed by atoms with Crippen LogP contribution in [0.25, 0.3) is 11.1 Å². The van der Waals surface area contributed by atoms with E-state index in [1.165, 1.54) is 6.07 Å². The van der Waals surface area contributed by atoms with E-state index in [2.05, 4.69) is 20.9 Å². The molecule has 0 atom stereocenters. The molecule has 0 saturated heterocycles. The third-order valence-corrected chi connectivity index (χ3v) is 4.85. The molecule has 0 radical (unpaired) electrons. The quantitative estimate of drug-likeness (QED) is 0.428. The van der Waals surface area contributed by atoms with E-state index in [1.807, 2.05) is 31.2 Å². The summed E-state index contributed by atoms with van der Waals surface area (Å²) in [6.45, 7) is 2.09. The molecule has 0 aliphatic heterocycles. The van der Waals surface area contributed by atoms with Gasteiger partial charge in [0, 0.05) is 15.6 Å². The van der Waals surface area contributed by atoms with Crippen LogP contribution < -0.4 is 16.0 Å². The molecule has 3 rings (SSSR count). The maximum absolute atomic E-state index is 12.3. The van der Waals surface area contributed by atoms with Crippen molar-refractivity contribution in [2.24, 2.45) is 0 Å². The van der Waals surface area contributed by atoms with Gasteiger partial charge in [-0.05, 0) is 30.7 Å². The Bertz CT molecular complexity index is 1220. The highest BCUT2D eigenvalue weighted by Gasteiger charge is 2.28. The average molecular weight is 473 g/mol. The third-order valence-electron chi connectivity index (χ3n) is 4.36. The number of ether oxygens (including phenoxy) is 1. The Kier molecular flexibility index (Phi) is 5.93. The predicted molar refractivity (Wildman–Crippen MR) is 114 cm³/mol. The minimum atomic E-state index is -1.58. The van der Waals surface area contributed by atoms with Crippen LogP contribution in [0.4, 0.5) is 5.82 Å². The van der Waals surface area contributed by atoms with Crippen molar-refractivity contribution in [2.45, 2.75) is 13.5 Å². The first-order chi connectivity index (χ1) is 14.2. The number of halogens is 1. The number of rotatable bonds is 6. The number of aromatic nitrogens is 1. The van der Waals surface area contributed by atoms with Crippen LogP contribution in [-0.4, -0.2) is 27.1 Å². The largest absolute Gasteiger partial charge is 0.488 e. The van der Waals surface area contributed by atoms with Crippen molar-refractivity contribution in [1.82, 2.24) is 4.98 Å². The molecule has 1 heterocycles. The number of nitrogen functional groups attached to an aromatic ring is 1. The number of nitrogens with two attached hydrogens (primary N) is 1. The predicted octanol–water partition coefficient (Wildman–Crippen LogP) is 3.67. The minimum Gasteiger partial charge on any atom is -0.488 e. The number of hydrogen-bond donors (Lipinski definition) is 4. The van der Waals surface area contributed by atoms with Gasteiger partial charge in [0.2, 0.25) is 0 Å². The second kappa shape index (κ2) is 8.42. The molecule has 0 fully saturated rings. The maximum Gasteiger partial charge on any atom is 0.342 e. The van der Waals surface area contributed by atoms with Crippen LogP contribution in [0.5, 0.6) is 5.75 Å². The highest BCUT2D eigenvalue weighted by atomic mass is 79.9. The van der Waals surface area contributed by atoms with Crippen molar-refractivity contribution < 1.29 is 24.5 Å². The number of carboxylic acids is 2. The number of benzene rings is 2. The fourth-order valence-electron chi connectivity index (χ4n) is 3.10. The molecular formula is C21H17BrN2O6. The van der Waals surface area contributed by atoms with Gasteiger partial charge in [-0.3, -0.25) is 4.79 Å². The number of pyridine rings is 1. The van der Waals surface area contributed by atoms with Crippen LogP contribution in [0, 0.1) is 6.92 Å². The van der Waals surface area contributed by atoms with E-state index in [-0.39, 0.29) is 23.5 Å². The van der Waals surface area contributed by atoms with Crippen LogP contribution in [0.1, 0.15) is 31.8 Å². The maximum atomic E-state index is 12.3. The monoisotopic (exact) mass is 472 g/mol. The van der Waals surface area contributed by atoms with Crippen LogP contribution in [0.3, 0.4) is 0 Å². The topological polar surface area (TPSA) is 143 Å². The van der Waals surface area contributed by atoms with Crippen LogP contribution in [0.2, 0.25) is 0 Å². The summed E-state index contributed by atoms with van der Waals surface area (Å²) >= 11 is 3.29. The van der Waals surface area contributed by atoms with E-state index in [0.717, 1.165) is 11.1 Å². The molecule has 9 heteroatoms. The van der Waals surface area contributed by atoms with Crippen molar-refractivity contribution >= 4 is 33.7 Å². The van der Waals surface area contributed by atoms with Gasteiger partial charge >= 0.3 is 11.9 Å². The molecule has 0 bridgehead atoms.